The number of benzene rings is 1. The molecule has 5 rings (SSSR count). The van der Waals surface area contributed by atoms with Crippen molar-refractivity contribution in [1.29, 1.82) is 0 Å². The number of pyridine rings is 2. The average Bonchev–Trinajstić information content (AvgIpc) is 3.35. The normalized spacial score (nSPS) is 16.3. The molecular weight excluding hydrogens is 501 g/mol. The van der Waals surface area contributed by atoms with Gasteiger partial charge in [-0.25, -0.2) is 14.4 Å². The Kier molecular flexibility index (Phi) is 7.31. The summed E-state index contributed by atoms with van der Waals surface area (Å²) in [6.45, 7) is 2.41. The van der Waals surface area contributed by atoms with Gasteiger partial charge in [-0.3, -0.25) is 14.2 Å². The van der Waals surface area contributed by atoms with E-state index in [2.05, 4.69) is 25.5 Å². The minimum atomic E-state index is -0.409. The minimum absolute atomic E-state index is 0.0616. The average molecular weight is 530 g/mol. The van der Waals surface area contributed by atoms with Crippen LogP contribution in [-0.4, -0.2) is 68.2 Å². The number of hydrogen-bond donors (Lipinski definition) is 1. The highest BCUT2D eigenvalue weighted by Crippen LogP contribution is 2.39. The van der Waals surface area contributed by atoms with Crippen molar-refractivity contribution in [3.63, 3.8) is 0 Å². The molecule has 0 bridgehead atoms. The van der Waals surface area contributed by atoms with Crippen LogP contribution in [0.5, 0.6) is 5.75 Å². The fourth-order valence-corrected chi connectivity index (χ4v) is 4.48. The van der Waals surface area contributed by atoms with Gasteiger partial charge in [0, 0.05) is 26.1 Å². The quantitative estimate of drug-likeness (QED) is 0.371. The maximum Gasteiger partial charge on any atom is 0.271 e. The van der Waals surface area contributed by atoms with E-state index in [1.807, 2.05) is 6.92 Å². The van der Waals surface area contributed by atoms with Crippen LogP contribution in [0.2, 0.25) is 0 Å². The summed E-state index contributed by atoms with van der Waals surface area (Å²) in [5.74, 6) is 0.522. The van der Waals surface area contributed by atoms with E-state index in [4.69, 9.17) is 4.74 Å². The van der Waals surface area contributed by atoms with Crippen LogP contribution in [0.3, 0.4) is 0 Å². The third-order valence-electron chi connectivity index (χ3n) is 6.50. The first-order valence-electron chi connectivity index (χ1n) is 12.6. The summed E-state index contributed by atoms with van der Waals surface area (Å²) in [6.07, 6.45) is 2.78. The lowest BCUT2D eigenvalue weighted by molar-refractivity contribution is 0.0821. The zero-order chi connectivity index (χ0) is 27.5. The highest BCUT2D eigenvalue weighted by Gasteiger charge is 2.37. The molecule has 2 amide bonds. The van der Waals surface area contributed by atoms with Crippen molar-refractivity contribution in [3.05, 3.63) is 83.8 Å². The number of nitrogens with zero attached hydrogens (tertiary/aromatic N) is 6. The third-order valence-corrected chi connectivity index (χ3v) is 6.50. The van der Waals surface area contributed by atoms with E-state index < -0.39 is 5.82 Å². The predicted molar refractivity (Wildman–Crippen MR) is 141 cm³/mol. The number of aromatic nitrogens is 5. The highest BCUT2D eigenvalue weighted by atomic mass is 19.1. The Morgan fingerprint density at radius 1 is 1.05 bits per heavy atom. The molecule has 39 heavy (non-hydrogen) atoms. The van der Waals surface area contributed by atoms with Gasteiger partial charge in [-0.1, -0.05) is 18.2 Å². The van der Waals surface area contributed by atoms with E-state index in [1.54, 1.807) is 73.4 Å². The molecule has 1 saturated carbocycles. The Bertz CT molecular complexity index is 1500. The predicted octanol–water partition coefficient (Wildman–Crippen LogP) is 3.64. The van der Waals surface area contributed by atoms with Gasteiger partial charge in [0.2, 0.25) is 0 Å². The maximum atomic E-state index is 14.9. The zero-order valence-corrected chi connectivity index (χ0v) is 21.8. The molecule has 1 aliphatic carbocycles. The third kappa shape index (κ3) is 5.33. The highest BCUT2D eigenvalue weighted by molar-refractivity contribution is 5.96. The number of halogens is 1. The molecule has 1 fully saturated rings. The Balaban J connectivity index is 1.35. The fourth-order valence-electron chi connectivity index (χ4n) is 4.48. The SMILES string of the molecule is CCOc1ccc(-c2nnc([C@H]3C[C@H](NC(=O)c4cccc(C(=O)N(C)C)n4)C3)n2-c2ccccc2F)nc1. The molecule has 0 aliphatic heterocycles. The molecule has 0 saturated heterocycles. The van der Waals surface area contributed by atoms with Crippen LogP contribution in [-0.2, 0) is 0 Å². The molecule has 0 spiro atoms. The molecule has 1 N–H and O–H groups in total. The molecule has 200 valence electrons. The van der Waals surface area contributed by atoms with Crippen molar-refractivity contribution in [1.82, 2.24) is 34.9 Å². The van der Waals surface area contributed by atoms with Gasteiger partial charge in [-0.2, -0.15) is 0 Å². The molecule has 1 aromatic carbocycles. The topological polar surface area (TPSA) is 115 Å². The molecular formula is C28H28FN7O3. The van der Waals surface area contributed by atoms with Crippen LogP contribution in [0.1, 0.15) is 52.5 Å². The van der Waals surface area contributed by atoms with E-state index in [0.717, 1.165) is 0 Å². The standard InChI is InChI=1S/C28H28FN7O3/c1-4-39-19-12-13-21(30-16-19)26-34-33-25(36(26)24-11-6-5-8-20(24)29)17-14-18(15-17)31-27(37)22-9-7-10-23(32-22)28(38)35(2)3/h5-13,16-18H,4,14-15H2,1-3H3,(H,31,37)/t17-,18-. The number of hydrogen-bond acceptors (Lipinski definition) is 7. The molecule has 0 radical (unpaired) electrons. The number of carbonyl (C=O) groups excluding carboxylic acids is 2. The van der Waals surface area contributed by atoms with Crippen LogP contribution in [0.15, 0.2) is 60.8 Å². The summed E-state index contributed by atoms with van der Waals surface area (Å²) in [6, 6.07) is 14.6. The lowest BCUT2D eigenvalue weighted by atomic mass is 9.79. The summed E-state index contributed by atoms with van der Waals surface area (Å²) in [7, 11) is 3.26. The van der Waals surface area contributed by atoms with Crippen LogP contribution in [0.25, 0.3) is 17.2 Å². The van der Waals surface area contributed by atoms with Crippen molar-refractivity contribution < 1.29 is 18.7 Å². The van der Waals surface area contributed by atoms with Crippen molar-refractivity contribution in [2.45, 2.75) is 31.7 Å². The van der Waals surface area contributed by atoms with Gasteiger partial charge in [-0.05, 0) is 56.2 Å². The van der Waals surface area contributed by atoms with Gasteiger partial charge < -0.3 is 15.0 Å². The summed E-state index contributed by atoms with van der Waals surface area (Å²) in [5, 5.41) is 11.8. The molecule has 3 aromatic heterocycles. The lowest BCUT2D eigenvalue weighted by Gasteiger charge is -2.35. The fraction of sp³-hybridized carbons (Fsp3) is 0.286. The van der Waals surface area contributed by atoms with Gasteiger partial charge >= 0.3 is 0 Å². The summed E-state index contributed by atoms with van der Waals surface area (Å²) < 4.78 is 22.1. The van der Waals surface area contributed by atoms with E-state index in [0.29, 0.717) is 48.2 Å². The summed E-state index contributed by atoms with van der Waals surface area (Å²) in [5.41, 5.74) is 1.22. The molecule has 0 unspecified atom stereocenters. The van der Waals surface area contributed by atoms with Gasteiger partial charge in [0.05, 0.1) is 18.5 Å². The maximum absolute atomic E-state index is 14.9. The first-order valence-corrected chi connectivity index (χ1v) is 12.6. The van der Waals surface area contributed by atoms with E-state index in [-0.39, 0.29) is 35.2 Å². The molecule has 0 atom stereocenters. The van der Waals surface area contributed by atoms with E-state index >= 15 is 0 Å². The van der Waals surface area contributed by atoms with Crippen LogP contribution < -0.4 is 10.1 Å². The number of ether oxygens (including phenoxy) is 1. The van der Waals surface area contributed by atoms with Crippen LogP contribution in [0, 0.1) is 5.82 Å². The second kappa shape index (κ2) is 11.0. The number of amides is 2. The summed E-state index contributed by atoms with van der Waals surface area (Å²) in [4.78, 5) is 35.1. The smallest absolute Gasteiger partial charge is 0.271 e. The number of para-hydroxylation sites is 1. The first kappa shape index (κ1) is 26.0. The molecule has 10 nitrogen and oxygen atoms in total. The van der Waals surface area contributed by atoms with Crippen LogP contribution in [0.4, 0.5) is 4.39 Å². The van der Waals surface area contributed by atoms with Gasteiger partial charge in [0.1, 0.15) is 34.5 Å². The largest absolute Gasteiger partial charge is 0.492 e. The second-order valence-corrected chi connectivity index (χ2v) is 9.43. The molecule has 1 aliphatic rings. The monoisotopic (exact) mass is 529 g/mol. The molecule has 11 heteroatoms. The number of carbonyl (C=O) groups is 2. The van der Waals surface area contributed by atoms with Crippen molar-refractivity contribution in [2.24, 2.45) is 0 Å². The Hall–Kier alpha value is -4.67. The van der Waals surface area contributed by atoms with Crippen LogP contribution >= 0.6 is 0 Å². The summed E-state index contributed by atoms with van der Waals surface area (Å²) >= 11 is 0. The lowest BCUT2D eigenvalue weighted by Crippen LogP contribution is -2.44. The van der Waals surface area contributed by atoms with Gasteiger partial charge in [-0.15, -0.1) is 10.2 Å². The molecule has 3 heterocycles. The molecule has 4 aromatic rings. The Morgan fingerprint density at radius 2 is 1.82 bits per heavy atom. The van der Waals surface area contributed by atoms with E-state index in [1.165, 1.54) is 11.0 Å². The Labute approximate surface area is 224 Å². The minimum Gasteiger partial charge on any atom is -0.492 e. The zero-order valence-electron chi connectivity index (χ0n) is 21.8. The number of nitrogens with one attached hydrogen (secondary N) is 1. The van der Waals surface area contributed by atoms with E-state index in [9.17, 15) is 14.0 Å². The van der Waals surface area contributed by atoms with Gasteiger partial charge in [0.25, 0.3) is 11.8 Å². The van der Waals surface area contributed by atoms with Crippen molar-refractivity contribution >= 4 is 11.8 Å². The Morgan fingerprint density at radius 3 is 2.51 bits per heavy atom. The van der Waals surface area contributed by atoms with Crippen molar-refractivity contribution in [3.8, 4) is 23.0 Å². The number of rotatable bonds is 8. The first-order chi connectivity index (χ1) is 18.9. The van der Waals surface area contributed by atoms with Gasteiger partial charge in [0.15, 0.2) is 5.82 Å². The second-order valence-electron chi connectivity index (χ2n) is 9.43. The van der Waals surface area contributed by atoms with Crippen molar-refractivity contribution in [2.75, 3.05) is 20.7 Å².